The number of anilines is 1. The number of amides is 1. The van der Waals surface area contributed by atoms with Crippen LogP contribution in [-0.2, 0) is 0 Å². The van der Waals surface area contributed by atoms with Gasteiger partial charge in [-0.05, 0) is 44.2 Å². The highest BCUT2D eigenvalue weighted by atomic mass is 16.6. The molecular formula is C19H22N6O5. The Labute approximate surface area is 172 Å². The minimum atomic E-state index is -0.837. The monoisotopic (exact) mass is 414 g/mol. The largest absolute Gasteiger partial charge is 0.372 e. The Morgan fingerprint density at radius 3 is 1.97 bits per heavy atom. The summed E-state index contributed by atoms with van der Waals surface area (Å²) >= 11 is 0. The van der Waals surface area contributed by atoms with Gasteiger partial charge in [-0.15, -0.1) is 5.11 Å². The van der Waals surface area contributed by atoms with E-state index in [-0.39, 0.29) is 11.3 Å². The van der Waals surface area contributed by atoms with Crippen molar-refractivity contribution >= 4 is 34.3 Å². The molecule has 0 aliphatic rings. The third-order valence-electron chi connectivity index (χ3n) is 4.37. The van der Waals surface area contributed by atoms with E-state index in [0.717, 1.165) is 35.8 Å². The quantitative estimate of drug-likeness (QED) is 0.355. The molecule has 2 aromatic carbocycles. The first-order valence-corrected chi connectivity index (χ1v) is 9.14. The fraction of sp³-hybridized carbons (Fsp3) is 0.316. The zero-order chi connectivity index (χ0) is 22.4. The molecule has 1 amide bonds. The third-order valence-corrected chi connectivity index (χ3v) is 4.37. The second-order valence-electron chi connectivity index (χ2n) is 6.46. The molecular weight excluding hydrogens is 392 g/mol. The van der Waals surface area contributed by atoms with E-state index >= 15 is 0 Å². The van der Waals surface area contributed by atoms with Gasteiger partial charge in [0, 0.05) is 32.9 Å². The summed E-state index contributed by atoms with van der Waals surface area (Å²) in [6, 6.07) is 8.88. The highest BCUT2D eigenvalue weighted by Gasteiger charge is 2.29. The lowest BCUT2D eigenvalue weighted by Gasteiger charge is -2.20. The Morgan fingerprint density at radius 2 is 1.50 bits per heavy atom. The molecule has 30 heavy (non-hydrogen) atoms. The number of azo groups is 1. The Bertz CT molecular complexity index is 984. The van der Waals surface area contributed by atoms with Gasteiger partial charge in [0.15, 0.2) is 5.69 Å². The lowest BCUT2D eigenvalue weighted by Crippen LogP contribution is -2.22. The number of benzene rings is 2. The van der Waals surface area contributed by atoms with Gasteiger partial charge in [-0.2, -0.15) is 5.11 Å². The van der Waals surface area contributed by atoms with Gasteiger partial charge in [0.2, 0.25) is 0 Å². The summed E-state index contributed by atoms with van der Waals surface area (Å²) in [5, 5.41) is 30.6. The maximum Gasteiger partial charge on any atom is 0.303 e. The lowest BCUT2D eigenvalue weighted by atomic mass is 10.1. The molecule has 11 heteroatoms. The van der Waals surface area contributed by atoms with Gasteiger partial charge in [-0.1, -0.05) is 0 Å². The van der Waals surface area contributed by atoms with Gasteiger partial charge in [0.1, 0.15) is 5.56 Å². The van der Waals surface area contributed by atoms with Crippen molar-refractivity contribution in [3.8, 4) is 0 Å². The van der Waals surface area contributed by atoms with Gasteiger partial charge >= 0.3 is 5.69 Å². The van der Waals surface area contributed by atoms with Crippen LogP contribution in [0.4, 0.5) is 28.4 Å². The van der Waals surface area contributed by atoms with Crippen LogP contribution < -0.4 is 4.90 Å². The van der Waals surface area contributed by atoms with E-state index < -0.39 is 27.1 Å². The van der Waals surface area contributed by atoms with Crippen LogP contribution in [0.1, 0.15) is 24.2 Å². The predicted octanol–water partition coefficient (Wildman–Crippen LogP) is 4.47. The van der Waals surface area contributed by atoms with Crippen molar-refractivity contribution in [1.29, 1.82) is 0 Å². The topological polar surface area (TPSA) is 135 Å². The highest BCUT2D eigenvalue weighted by Crippen LogP contribution is 2.36. The molecule has 2 aromatic rings. The molecule has 0 aliphatic heterocycles. The van der Waals surface area contributed by atoms with Crippen LogP contribution in [0, 0.1) is 20.2 Å². The first kappa shape index (κ1) is 22.4. The molecule has 2 rings (SSSR count). The summed E-state index contributed by atoms with van der Waals surface area (Å²) in [4.78, 5) is 36.7. The van der Waals surface area contributed by atoms with Crippen LogP contribution in [0.15, 0.2) is 46.6 Å². The molecule has 0 aliphatic carbocycles. The standard InChI is InChI=1S/C19H22N6O5/c1-5-23(6-2)14-9-7-13(8-10-14)20-21-16-11-15(19(26)22(3)4)17(24(27)28)12-18(16)25(29)30/h7-12H,5-6H2,1-4H3. The molecule has 0 N–H and O–H groups in total. The zero-order valence-electron chi connectivity index (χ0n) is 17.1. The zero-order valence-corrected chi connectivity index (χ0v) is 17.1. The first-order chi connectivity index (χ1) is 14.2. The van der Waals surface area contributed by atoms with Crippen molar-refractivity contribution in [2.75, 3.05) is 32.1 Å². The highest BCUT2D eigenvalue weighted by molar-refractivity contribution is 5.99. The molecule has 11 nitrogen and oxygen atoms in total. The van der Waals surface area contributed by atoms with Gasteiger partial charge in [-0.25, -0.2) is 0 Å². The van der Waals surface area contributed by atoms with Crippen molar-refractivity contribution in [2.24, 2.45) is 10.2 Å². The minimum absolute atomic E-state index is 0.247. The lowest BCUT2D eigenvalue weighted by molar-refractivity contribution is -0.393. The number of nitro benzene ring substituents is 2. The van der Waals surface area contributed by atoms with Crippen molar-refractivity contribution in [1.82, 2.24) is 4.90 Å². The summed E-state index contributed by atoms with van der Waals surface area (Å²) in [7, 11) is 2.85. The Kier molecular flexibility index (Phi) is 7.13. The van der Waals surface area contributed by atoms with Crippen molar-refractivity contribution in [2.45, 2.75) is 13.8 Å². The summed E-state index contributed by atoms with van der Waals surface area (Å²) in [5.74, 6) is -0.670. The van der Waals surface area contributed by atoms with Crippen molar-refractivity contribution < 1.29 is 14.6 Å². The molecule has 0 bridgehead atoms. The maximum atomic E-state index is 12.3. The SMILES string of the molecule is CCN(CC)c1ccc(N=Nc2cc(C(=O)N(C)C)c([N+](=O)[O-])cc2[N+](=O)[O-])cc1. The smallest absolute Gasteiger partial charge is 0.303 e. The van der Waals surface area contributed by atoms with Crippen LogP contribution >= 0.6 is 0 Å². The number of nitrogens with zero attached hydrogens (tertiary/aromatic N) is 6. The number of carbonyl (C=O) groups is 1. The molecule has 0 aromatic heterocycles. The van der Waals surface area contributed by atoms with Gasteiger partial charge < -0.3 is 9.80 Å². The van der Waals surface area contributed by atoms with Crippen LogP contribution in [0.25, 0.3) is 0 Å². The van der Waals surface area contributed by atoms with E-state index in [1.807, 2.05) is 26.0 Å². The molecule has 0 spiro atoms. The average Bonchev–Trinajstić information content (AvgIpc) is 2.72. The number of hydrogen-bond acceptors (Lipinski definition) is 8. The van der Waals surface area contributed by atoms with Crippen LogP contribution in [0.3, 0.4) is 0 Å². The Hall–Kier alpha value is -3.89. The van der Waals surface area contributed by atoms with E-state index in [0.29, 0.717) is 5.69 Å². The average molecular weight is 414 g/mol. The second kappa shape index (κ2) is 9.54. The van der Waals surface area contributed by atoms with Gasteiger partial charge in [-0.3, -0.25) is 25.0 Å². The molecule has 0 saturated carbocycles. The predicted molar refractivity (Wildman–Crippen MR) is 112 cm³/mol. The van der Waals surface area contributed by atoms with Crippen molar-refractivity contribution in [3.05, 3.63) is 62.2 Å². The molecule has 0 atom stereocenters. The van der Waals surface area contributed by atoms with E-state index in [4.69, 9.17) is 0 Å². The molecule has 0 fully saturated rings. The molecule has 0 radical (unpaired) electrons. The molecule has 0 heterocycles. The number of hydrogen-bond donors (Lipinski definition) is 0. The maximum absolute atomic E-state index is 12.3. The normalized spacial score (nSPS) is 10.8. The van der Waals surface area contributed by atoms with Crippen LogP contribution in [0.2, 0.25) is 0 Å². The second-order valence-corrected chi connectivity index (χ2v) is 6.46. The van der Waals surface area contributed by atoms with E-state index in [2.05, 4.69) is 15.1 Å². The van der Waals surface area contributed by atoms with E-state index in [1.165, 1.54) is 14.1 Å². The molecule has 0 saturated heterocycles. The van der Waals surface area contributed by atoms with E-state index in [1.54, 1.807) is 12.1 Å². The molecule has 158 valence electrons. The summed E-state index contributed by atoms with van der Waals surface area (Å²) < 4.78 is 0. The van der Waals surface area contributed by atoms with Crippen LogP contribution in [-0.4, -0.2) is 47.8 Å². The van der Waals surface area contributed by atoms with Crippen LogP contribution in [0.5, 0.6) is 0 Å². The fourth-order valence-electron chi connectivity index (χ4n) is 2.79. The number of nitro groups is 2. The minimum Gasteiger partial charge on any atom is -0.372 e. The Balaban J connectivity index is 2.49. The fourth-order valence-corrected chi connectivity index (χ4v) is 2.79. The van der Waals surface area contributed by atoms with Gasteiger partial charge in [0.05, 0.1) is 21.6 Å². The number of rotatable bonds is 8. The van der Waals surface area contributed by atoms with Crippen molar-refractivity contribution in [3.63, 3.8) is 0 Å². The van der Waals surface area contributed by atoms with Gasteiger partial charge in [0.25, 0.3) is 11.6 Å². The summed E-state index contributed by atoms with van der Waals surface area (Å²) in [6.45, 7) is 5.76. The summed E-state index contributed by atoms with van der Waals surface area (Å²) in [5.41, 5.74) is -0.383. The number of carbonyl (C=O) groups excluding carboxylic acids is 1. The third kappa shape index (κ3) is 4.93. The molecule has 0 unspecified atom stereocenters. The first-order valence-electron chi connectivity index (χ1n) is 9.14. The Morgan fingerprint density at radius 1 is 0.933 bits per heavy atom. The summed E-state index contributed by atoms with van der Waals surface area (Å²) in [6.07, 6.45) is 0. The van der Waals surface area contributed by atoms with E-state index in [9.17, 15) is 25.0 Å².